The van der Waals surface area contributed by atoms with E-state index in [1.165, 1.54) is 12.6 Å². The maximum absolute atomic E-state index is 13.9. The summed E-state index contributed by atoms with van der Waals surface area (Å²) in [5.74, 6) is 0.689. The Labute approximate surface area is 130 Å². The quantitative estimate of drug-likeness (QED) is 0.927. The fourth-order valence-electron chi connectivity index (χ4n) is 3.45. The maximum atomic E-state index is 13.9. The molecule has 0 saturated heterocycles. The molecule has 1 unspecified atom stereocenters. The van der Waals surface area contributed by atoms with Crippen LogP contribution in [0.15, 0.2) is 35.4 Å². The molecule has 118 valence electrons. The lowest BCUT2D eigenvalue weighted by Gasteiger charge is -2.32. The largest absolute Gasteiger partial charge is 0.377 e. The van der Waals surface area contributed by atoms with Crippen molar-refractivity contribution in [3.63, 3.8) is 0 Å². The van der Waals surface area contributed by atoms with Crippen molar-refractivity contribution in [2.75, 3.05) is 13.1 Å². The molecule has 0 aromatic carbocycles. The van der Waals surface area contributed by atoms with Crippen molar-refractivity contribution >= 4 is 5.57 Å². The maximum Gasteiger partial charge on any atom is 0.284 e. The molecule has 4 heteroatoms. The normalized spacial score (nSPS) is 25.2. The number of nitrogens with one attached hydrogen (secondary N) is 1. The van der Waals surface area contributed by atoms with Crippen LogP contribution in [0.1, 0.15) is 38.2 Å². The number of hydrogen-bond donors (Lipinski definition) is 1. The lowest BCUT2D eigenvalue weighted by Crippen LogP contribution is -2.31. The zero-order chi connectivity index (χ0) is 15.5. The van der Waals surface area contributed by atoms with E-state index in [4.69, 9.17) is 0 Å². The van der Waals surface area contributed by atoms with E-state index in [1.807, 2.05) is 0 Å². The van der Waals surface area contributed by atoms with Gasteiger partial charge in [0.2, 0.25) is 0 Å². The van der Waals surface area contributed by atoms with Gasteiger partial charge in [-0.25, -0.2) is 4.39 Å². The number of pyridine rings is 1. The van der Waals surface area contributed by atoms with Gasteiger partial charge in [-0.15, -0.1) is 0 Å². The fraction of sp³-hybridized carbons (Fsp3) is 0.500. The van der Waals surface area contributed by atoms with Crippen molar-refractivity contribution < 1.29 is 4.39 Å². The lowest BCUT2D eigenvalue weighted by atomic mass is 9.86. The van der Waals surface area contributed by atoms with Gasteiger partial charge in [0.1, 0.15) is 0 Å². The Morgan fingerprint density at radius 1 is 1.41 bits per heavy atom. The molecule has 0 amide bonds. The molecule has 1 aromatic rings. The van der Waals surface area contributed by atoms with Crippen LogP contribution in [0.4, 0.5) is 4.39 Å². The van der Waals surface area contributed by atoms with Crippen molar-refractivity contribution in [2.45, 2.75) is 32.6 Å². The van der Waals surface area contributed by atoms with E-state index < -0.39 is 11.4 Å². The molecule has 0 saturated carbocycles. The molecule has 1 aromatic heterocycles. The number of halogens is 1. The van der Waals surface area contributed by atoms with Crippen molar-refractivity contribution in [1.82, 2.24) is 9.88 Å². The SMILES string of the molecule is C[C@@H]1CC=CN(CC2CC=C(c3cc[nH]c(=O)c3F)CC2)C1. The fourth-order valence-corrected chi connectivity index (χ4v) is 3.45. The first-order chi connectivity index (χ1) is 10.6. The molecule has 1 N–H and O–H groups in total. The molecule has 1 aliphatic carbocycles. The summed E-state index contributed by atoms with van der Waals surface area (Å²) in [7, 11) is 0. The lowest BCUT2D eigenvalue weighted by molar-refractivity contribution is 0.251. The Balaban J connectivity index is 1.65. The van der Waals surface area contributed by atoms with Crippen LogP contribution >= 0.6 is 0 Å². The second-order valence-electron chi connectivity index (χ2n) is 6.58. The summed E-state index contributed by atoms with van der Waals surface area (Å²) in [5.41, 5.74) is 0.809. The molecule has 2 atom stereocenters. The smallest absolute Gasteiger partial charge is 0.284 e. The first kappa shape index (κ1) is 15.1. The van der Waals surface area contributed by atoms with E-state index in [1.54, 1.807) is 6.07 Å². The predicted octanol–water partition coefficient (Wildman–Crippen LogP) is 3.55. The van der Waals surface area contributed by atoms with Gasteiger partial charge in [0, 0.05) is 24.8 Å². The topological polar surface area (TPSA) is 36.1 Å². The van der Waals surface area contributed by atoms with Crippen LogP contribution in [0, 0.1) is 17.7 Å². The van der Waals surface area contributed by atoms with Gasteiger partial charge in [0.15, 0.2) is 5.82 Å². The third-order valence-corrected chi connectivity index (χ3v) is 4.66. The van der Waals surface area contributed by atoms with Crippen LogP contribution in [0.5, 0.6) is 0 Å². The number of aromatic nitrogens is 1. The summed E-state index contributed by atoms with van der Waals surface area (Å²) in [6.07, 6.45) is 12.1. The molecule has 22 heavy (non-hydrogen) atoms. The minimum Gasteiger partial charge on any atom is -0.377 e. The third-order valence-electron chi connectivity index (χ3n) is 4.66. The zero-order valence-corrected chi connectivity index (χ0v) is 13.0. The Hall–Kier alpha value is -1.84. The molecule has 0 radical (unpaired) electrons. The van der Waals surface area contributed by atoms with Gasteiger partial charge in [0.05, 0.1) is 0 Å². The van der Waals surface area contributed by atoms with Crippen LogP contribution in [0.2, 0.25) is 0 Å². The molecule has 3 rings (SSSR count). The number of aromatic amines is 1. The van der Waals surface area contributed by atoms with Crippen molar-refractivity contribution in [2.24, 2.45) is 11.8 Å². The molecule has 0 fully saturated rings. The summed E-state index contributed by atoms with van der Waals surface area (Å²) in [6, 6.07) is 1.66. The van der Waals surface area contributed by atoms with Gasteiger partial charge in [-0.1, -0.05) is 19.1 Å². The third kappa shape index (κ3) is 3.32. The molecule has 1 aliphatic heterocycles. The molecule has 2 heterocycles. The highest BCUT2D eigenvalue weighted by atomic mass is 19.1. The standard InChI is InChI=1S/C18H23FN2O/c1-13-3-2-10-21(11-13)12-14-4-6-15(7-5-14)16-8-9-20-18(22)17(16)19/h2,6,8-10,13-14H,3-5,7,11-12H2,1H3,(H,20,22)/t13-,14?/m1/s1. The zero-order valence-electron chi connectivity index (χ0n) is 13.0. The van der Waals surface area contributed by atoms with Gasteiger partial charge in [-0.3, -0.25) is 4.79 Å². The number of hydrogen-bond acceptors (Lipinski definition) is 2. The van der Waals surface area contributed by atoms with Gasteiger partial charge >= 0.3 is 0 Å². The minimum absolute atomic E-state index is 0.466. The Kier molecular flexibility index (Phi) is 4.46. The number of nitrogens with zero attached hydrogens (tertiary/aromatic N) is 1. The summed E-state index contributed by atoms with van der Waals surface area (Å²) in [4.78, 5) is 16.2. The van der Waals surface area contributed by atoms with Crippen LogP contribution in [-0.2, 0) is 0 Å². The van der Waals surface area contributed by atoms with E-state index in [9.17, 15) is 9.18 Å². The molecular weight excluding hydrogens is 279 g/mol. The molecular formula is C18H23FN2O. The highest BCUT2D eigenvalue weighted by Crippen LogP contribution is 2.31. The summed E-state index contributed by atoms with van der Waals surface area (Å²) >= 11 is 0. The summed E-state index contributed by atoms with van der Waals surface area (Å²) in [6.45, 7) is 4.49. The van der Waals surface area contributed by atoms with E-state index in [2.05, 4.69) is 35.2 Å². The predicted molar refractivity (Wildman–Crippen MR) is 86.8 cm³/mol. The van der Waals surface area contributed by atoms with Crippen LogP contribution in [0.3, 0.4) is 0 Å². The van der Waals surface area contributed by atoms with Crippen molar-refractivity contribution in [3.8, 4) is 0 Å². The molecule has 0 bridgehead atoms. The average Bonchev–Trinajstić information content (AvgIpc) is 2.51. The van der Waals surface area contributed by atoms with E-state index in [0.29, 0.717) is 11.5 Å². The van der Waals surface area contributed by atoms with Gasteiger partial charge in [-0.2, -0.15) is 0 Å². The Bertz CT molecular complexity index is 647. The van der Waals surface area contributed by atoms with E-state index >= 15 is 0 Å². The second kappa shape index (κ2) is 6.51. The molecule has 2 aliphatic rings. The Morgan fingerprint density at radius 2 is 2.27 bits per heavy atom. The number of H-pyrrole nitrogens is 1. The van der Waals surface area contributed by atoms with Crippen molar-refractivity contribution in [1.29, 1.82) is 0 Å². The number of allylic oxidation sites excluding steroid dienone is 3. The number of rotatable bonds is 3. The Morgan fingerprint density at radius 3 is 3.00 bits per heavy atom. The van der Waals surface area contributed by atoms with Crippen LogP contribution in [0.25, 0.3) is 5.57 Å². The van der Waals surface area contributed by atoms with Crippen LogP contribution in [-0.4, -0.2) is 23.0 Å². The average molecular weight is 302 g/mol. The highest BCUT2D eigenvalue weighted by Gasteiger charge is 2.21. The molecule has 0 spiro atoms. The summed E-state index contributed by atoms with van der Waals surface area (Å²) in [5, 5.41) is 0. The van der Waals surface area contributed by atoms with Crippen molar-refractivity contribution in [3.05, 3.63) is 52.3 Å². The van der Waals surface area contributed by atoms with Crippen LogP contribution < -0.4 is 5.56 Å². The van der Waals surface area contributed by atoms with Gasteiger partial charge in [0.25, 0.3) is 5.56 Å². The van der Waals surface area contributed by atoms with Gasteiger partial charge in [-0.05, 0) is 55.4 Å². The highest BCUT2D eigenvalue weighted by molar-refractivity contribution is 5.66. The summed E-state index contributed by atoms with van der Waals surface area (Å²) < 4.78 is 13.9. The van der Waals surface area contributed by atoms with E-state index in [0.717, 1.165) is 43.8 Å². The minimum atomic E-state index is -0.653. The second-order valence-corrected chi connectivity index (χ2v) is 6.58. The first-order valence-corrected chi connectivity index (χ1v) is 8.11. The van der Waals surface area contributed by atoms with Gasteiger partial charge < -0.3 is 9.88 Å². The first-order valence-electron chi connectivity index (χ1n) is 8.11. The molecule has 3 nitrogen and oxygen atoms in total. The monoisotopic (exact) mass is 302 g/mol. The van der Waals surface area contributed by atoms with E-state index in [-0.39, 0.29) is 0 Å².